The second-order valence-corrected chi connectivity index (χ2v) is 3.52. The van der Waals surface area contributed by atoms with Gasteiger partial charge in [0.2, 0.25) is 5.91 Å². The van der Waals surface area contributed by atoms with E-state index in [1.165, 1.54) is 0 Å². The van der Waals surface area contributed by atoms with Crippen molar-refractivity contribution in [2.75, 3.05) is 13.2 Å². The van der Waals surface area contributed by atoms with Crippen molar-refractivity contribution in [3.8, 4) is 0 Å². The van der Waals surface area contributed by atoms with Gasteiger partial charge in [-0.2, -0.15) is 0 Å². The molecule has 5 nitrogen and oxygen atoms in total. The molecule has 0 atom stereocenters. The molecular weight excluding hydrogens is 198 g/mol. The quantitative estimate of drug-likeness (QED) is 0.589. The number of carboxylic acids is 1. The Hall–Kier alpha value is -1.10. The van der Waals surface area contributed by atoms with Gasteiger partial charge < -0.3 is 15.2 Å². The van der Waals surface area contributed by atoms with Crippen LogP contribution in [0.1, 0.15) is 33.1 Å². The molecule has 0 aliphatic heterocycles. The number of ether oxygens (including phenoxy) is 1. The van der Waals surface area contributed by atoms with E-state index in [1.54, 1.807) is 0 Å². The Kier molecular flexibility index (Phi) is 7.62. The van der Waals surface area contributed by atoms with Crippen molar-refractivity contribution in [3.63, 3.8) is 0 Å². The summed E-state index contributed by atoms with van der Waals surface area (Å²) in [5, 5.41) is 10.9. The Morgan fingerprint density at radius 2 is 2.00 bits per heavy atom. The Balaban J connectivity index is 3.30. The fraction of sp³-hybridized carbons (Fsp3) is 0.800. The Morgan fingerprint density at radius 1 is 1.33 bits per heavy atom. The molecule has 0 spiro atoms. The highest BCUT2D eigenvalue weighted by atomic mass is 16.5. The first kappa shape index (κ1) is 13.9. The minimum Gasteiger partial charge on any atom is -0.481 e. The largest absolute Gasteiger partial charge is 0.481 e. The molecule has 0 aromatic rings. The van der Waals surface area contributed by atoms with Gasteiger partial charge in [0.05, 0.1) is 12.5 Å². The van der Waals surface area contributed by atoms with Crippen molar-refractivity contribution >= 4 is 11.9 Å². The molecule has 0 aromatic carbocycles. The van der Waals surface area contributed by atoms with E-state index in [2.05, 4.69) is 5.32 Å². The molecule has 5 heteroatoms. The summed E-state index contributed by atoms with van der Waals surface area (Å²) in [7, 11) is 0. The standard InChI is InChI=1S/C10H19NO4/c1-8(2)15-7-3-4-9(12)11-6-5-10(13)14/h8H,3-7H2,1-2H3,(H,11,12)(H,13,14). The number of carboxylic acid groups (broad SMARTS) is 1. The SMILES string of the molecule is CC(C)OCCCC(=O)NCCC(=O)O. The van der Waals surface area contributed by atoms with Gasteiger partial charge in [-0.25, -0.2) is 0 Å². The maximum absolute atomic E-state index is 11.1. The van der Waals surface area contributed by atoms with E-state index in [4.69, 9.17) is 9.84 Å². The highest BCUT2D eigenvalue weighted by molar-refractivity contribution is 5.76. The van der Waals surface area contributed by atoms with E-state index in [9.17, 15) is 9.59 Å². The summed E-state index contributed by atoms with van der Waals surface area (Å²) in [5.41, 5.74) is 0. The van der Waals surface area contributed by atoms with Gasteiger partial charge in [-0.15, -0.1) is 0 Å². The molecule has 0 saturated heterocycles. The maximum atomic E-state index is 11.1. The molecule has 0 bridgehead atoms. The smallest absolute Gasteiger partial charge is 0.305 e. The summed E-state index contributed by atoms with van der Waals surface area (Å²) in [6, 6.07) is 0. The molecular formula is C10H19NO4. The lowest BCUT2D eigenvalue weighted by molar-refractivity contribution is -0.136. The van der Waals surface area contributed by atoms with Crippen LogP contribution in [0.15, 0.2) is 0 Å². The van der Waals surface area contributed by atoms with E-state index in [0.717, 1.165) is 0 Å². The number of amides is 1. The zero-order chi connectivity index (χ0) is 11.7. The predicted molar refractivity (Wildman–Crippen MR) is 55.6 cm³/mol. The van der Waals surface area contributed by atoms with Gasteiger partial charge in [-0.05, 0) is 20.3 Å². The van der Waals surface area contributed by atoms with Crippen molar-refractivity contribution in [1.82, 2.24) is 5.32 Å². The average Bonchev–Trinajstić information content (AvgIpc) is 2.11. The first-order valence-electron chi connectivity index (χ1n) is 5.12. The second-order valence-electron chi connectivity index (χ2n) is 3.52. The molecule has 0 fully saturated rings. The van der Waals surface area contributed by atoms with E-state index in [1.807, 2.05) is 13.8 Å². The number of hydrogen-bond donors (Lipinski definition) is 2. The van der Waals surface area contributed by atoms with Crippen LogP contribution in [0.5, 0.6) is 0 Å². The zero-order valence-electron chi connectivity index (χ0n) is 9.28. The number of rotatable bonds is 8. The second kappa shape index (κ2) is 8.23. The summed E-state index contributed by atoms with van der Waals surface area (Å²) < 4.78 is 5.26. The molecule has 0 aliphatic rings. The minimum absolute atomic E-state index is 0.0335. The topological polar surface area (TPSA) is 75.6 Å². The summed E-state index contributed by atoms with van der Waals surface area (Å²) >= 11 is 0. The fourth-order valence-electron chi connectivity index (χ4n) is 0.949. The van der Waals surface area contributed by atoms with Crippen molar-refractivity contribution in [2.45, 2.75) is 39.2 Å². The van der Waals surface area contributed by atoms with Gasteiger partial charge in [0.1, 0.15) is 0 Å². The van der Waals surface area contributed by atoms with Crippen LogP contribution in [0.2, 0.25) is 0 Å². The van der Waals surface area contributed by atoms with Crippen LogP contribution in [0.4, 0.5) is 0 Å². The van der Waals surface area contributed by atoms with Crippen LogP contribution in [-0.2, 0) is 14.3 Å². The fourth-order valence-corrected chi connectivity index (χ4v) is 0.949. The summed E-state index contributed by atoms with van der Waals surface area (Å²) in [4.78, 5) is 21.3. The van der Waals surface area contributed by atoms with Gasteiger partial charge in [0.25, 0.3) is 0 Å². The highest BCUT2D eigenvalue weighted by Gasteiger charge is 2.02. The number of carbonyl (C=O) groups is 2. The molecule has 15 heavy (non-hydrogen) atoms. The van der Waals surface area contributed by atoms with E-state index in [0.29, 0.717) is 19.4 Å². The van der Waals surface area contributed by atoms with Crippen molar-refractivity contribution in [3.05, 3.63) is 0 Å². The minimum atomic E-state index is -0.904. The maximum Gasteiger partial charge on any atom is 0.305 e. The van der Waals surface area contributed by atoms with Gasteiger partial charge in [0.15, 0.2) is 0 Å². The molecule has 88 valence electrons. The Labute approximate surface area is 89.8 Å². The van der Waals surface area contributed by atoms with Crippen molar-refractivity contribution in [2.24, 2.45) is 0 Å². The van der Waals surface area contributed by atoms with Crippen LogP contribution >= 0.6 is 0 Å². The van der Waals surface area contributed by atoms with E-state index in [-0.39, 0.29) is 25.0 Å². The zero-order valence-corrected chi connectivity index (χ0v) is 9.28. The summed E-state index contributed by atoms with van der Waals surface area (Å²) in [6.07, 6.45) is 1.19. The van der Waals surface area contributed by atoms with Gasteiger partial charge in [-0.3, -0.25) is 9.59 Å². The molecule has 0 radical (unpaired) electrons. The van der Waals surface area contributed by atoms with Gasteiger partial charge >= 0.3 is 5.97 Å². The van der Waals surface area contributed by atoms with Crippen LogP contribution in [0.3, 0.4) is 0 Å². The molecule has 2 N–H and O–H groups in total. The van der Waals surface area contributed by atoms with Crippen LogP contribution < -0.4 is 5.32 Å². The monoisotopic (exact) mass is 217 g/mol. The number of nitrogens with one attached hydrogen (secondary N) is 1. The Bertz CT molecular complexity index is 204. The first-order valence-corrected chi connectivity index (χ1v) is 5.12. The van der Waals surface area contributed by atoms with Crippen molar-refractivity contribution < 1.29 is 19.4 Å². The molecule has 1 amide bonds. The number of aliphatic carboxylic acids is 1. The number of carbonyl (C=O) groups excluding carboxylic acids is 1. The average molecular weight is 217 g/mol. The normalized spacial score (nSPS) is 10.3. The van der Waals surface area contributed by atoms with Crippen molar-refractivity contribution in [1.29, 1.82) is 0 Å². The molecule has 0 aliphatic carbocycles. The number of hydrogen-bond acceptors (Lipinski definition) is 3. The van der Waals surface area contributed by atoms with Gasteiger partial charge in [0, 0.05) is 19.6 Å². The van der Waals surface area contributed by atoms with Crippen LogP contribution in [-0.4, -0.2) is 36.2 Å². The molecule has 0 aromatic heterocycles. The molecule has 0 heterocycles. The molecule has 0 unspecified atom stereocenters. The highest BCUT2D eigenvalue weighted by Crippen LogP contribution is 1.94. The third-order valence-electron chi connectivity index (χ3n) is 1.66. The summed E-state index contributed by atoms with van der Waals surface area (Å²) in [6.45, 7) is 4.63. The summed E-state index contributed by atoms with van der Waals surface area (Å²) in [5.74, 6) is -1.03. The van der Waals surface area contributed by atoms with E-state index >= 15 is 0 Å². The lowest BCUT2D eigenvalue weighted by Gasteiger charge is -2.07. The van der Waals surface area contributed by atoms with Gasteiger partial charge in [-0.1, -0.05) is 0 Å². The van der Waals surface area contributed by atoms with Crippen LogP contribution in [0.25, 0.3) is 0 Å². The lowest BCUT2D eigenvalue weighted by Crippen LogP contribution is -2.26. The van der Waals surface area contributed by atoms with E-state index < -0.39 is 5.97 Å². The third kappa shape index (κ3) is 10.8. The predicted octanol–water partition coefficient (Wildman–Crippen LogP) is 0.782. The molecule has 0 saturated carbocycles. The lowest BCUT2D eigenvalue weighted by atomic mass is 10.3. The first-order chi connectivity index (χ1) is 7.02. The Morgan fingerprint density at radius 3 is 2.53 bits per heavy atom. The van der Waals surface area contributed by atoms with Crippen LogP contribution in [0, 0.1) is 0 Å². The molecule has 0 rings (SSSR count). The third-order valence-corrected chi connectivity index (χ3v) is 1.66.